The Morgan fingerprint density at radius 1 is 1.43 bits per heavy atom. The maximum Gasteiger partial charge on any atom is 0.0830 e. The highest BCUT2D eigenvalue weighted by atomic mass is 16.6. The first-order chi connectivity index (χ1) is 6.75. The maximum atomic E-state index is 5.90. The molecule has 2 heterocycles. The van der Waals surface area contributed by atoms with E-state index in [-0.39, 0.29) is 0 Å². The minimum Gasteiger partial charge on any atom is -0.376 e. The molecule has 14 heavy (non-hydrogen) atoms. The van der Waals surface area contributed by atoms with Gasteiger partial charge in [0.25, 0.3) is 0 Å². The van der Waals surface area contributed by atoms with Gasteiger partial charge in [-0.1, -0.05) is 6.92 Å². The second kappa shape index (κ2) is 4.60. The monoisotopic (exact) mass is 199 g/mol. The molecule has 0 aromatic carbocycles. The Hall–Kier alpha value is -0.120. The second-order valence-electron chi connectivity index (χ2n) is 4.68. The Balaban J connectivity index is 1.71. The molecule has 82 valence electrons. The van der Waals surface area contributed by atoms with Crippen molar-refractivity contribution in [3.05, 3.63) is 0 Å². The third kappa shape index (κ3) is 2.47. The molecule has 0 aromatic heterocycles. The van der Waals surface area contributed by atoms with Gasteiger partial charge in [-0.15, -0.1) is 0 Å². The van der Waals surface area contributed by atoms with E-state index >= 15 is 0 Å². The zero-order valence-corrected chi connectivity index (χ0v) is 9.24. The topological polar surface area (TPSA) is 21.7 Å². The quantitative estimate of drug-likeness (QED) is 0.680. The van der Waals surface area contributed by atoms with Gasteiger partial charge in [-0.25, -0.2) is 0 Å². The van der Waals surface area contributed by atoms with Crippen LogP contribution in [0.15, 0.2) is 0 Å². The smallest absolute Gasteiger partial charge is 0.0830 e. The average Bonchev–Trinajstić information content (AvgIpc) is 2.08. The van der Waals surface area contributed by atoms with Crippen LogP contribution < -0.4 is 0 Å². The summed E-state index contributed by atoms with van der Waals surface area (Å²) in [6, 6.07) is 0. The third-order valence-electron chi connectivity index (χ3n) is 3.38. The van der Waals surface area contributed by atoms with Crippen LogP contribution in [0.25, 0.3) is 0 Å². The highest BCUT2D eigenvalue weighted by Crippen LogP contribution is 2.20. The van der Waals surface area contributed by atoms with Crippen molar-refractivity contribution < 1.29 is 9.47 Å². The van der Waals surface area contributed by atoms with Crippen molar-refractivity contribution >= 4 is 0 Å². The zero-order valence-electron chi connectivity index (χ0n) is 9.24. The summed E-state index contributed by atoms with van der Waals surface area (Å²) in [5, 5.41) is 0. The molecule has 0 saturated carbocycles. The first-order valence-electron chi connectivity index (χ1n) is 5.67. The van der Waals surface area contributed by atoms with E-state index in [0.717, 1.165) is 19.8 Å². The van der Waals surface area contributed by atoms with Crippen molar-refractivity contribution in [1.82, 2.24) is 4.90 Å². The first-order valence-corrected chi connectivity index (χ1v) is 5.67. The molecule has 0 amide bonds. The summed E-state index contributed by atoms with van der Waals surface area (Å²) in [7, 11) is 2.17. The molecule has 3 unspecified atom stereocenters. The van der Waals surface area contributed by atoms with Gasteiger partial charge < -0.3 is 14.4 Å². The van der Waals surface area contributed by atoms with Crippen molar-refractivity contribution in [2.45, 2.75) is 32.0 Å². The Labute approximate surface area is 86.4 Å². The van der Waals surface area contributed by atoms with E-state index in [1.54, 1.807) is 0 Å². The molecule has 2 saturated heterocycles. The summed E-state index contributed by atoms with van der Waals surface area (Å²) in [6.45, 7) is 6.30. The molecule has 0 bridgehead atoms. The van der Waals surface area contributed by atoms with Crippen LogP contribution in [-0.2, 0) is 9.47 Å². The molecule has 2 aliphatic rings. The van der Waals surface area contributed by atoms with E-state index in [0.29, 0.717) is 18.1 Å². The third-order valence-corrected chi connectivity index (χ3v) is 3.38. The molecule has 2 rings (SSSR count). The van der Waals surface area contributed by atoms with Gasteiger partial charge in [-0.2, -0.15) is 0 Å². The normalized spacial score (nSPS) is 39.4. The molecule has 3 nitrogen and oxygen atoms in total. The molecule has 0 aliphatic carbocycles. The summed E-state index contributed by atoms with van der Waals surface area (Å²) >= 11 is 0. The number of hydrogen-bond donors (Lipinski definition) is 0. The van der Waals surface area contributed by atoms with Crippen LogP contribution in [0.4, 0.5) is 0 Å². The lowest BCUT2D eigenvalue weighted by molar-refractivity contribution is -0.124. The number of ether oxygens (including phenoxy) is 2. The molecule has 3 atom stereocenters. The van der Waals surface area contributed by atoms with E-state index in [1.165, 1.54) is 19.4 Å². The Morgan fingerprint density at radius 3 is 2.86 bits per heavy atom. The van der Waals surface area contributed by atoms with Gasteiger partial charge in [0.15, 0.2) is 0 Å². The van der Waals surface area contributed by atoms with Crippen molar-refractivity contribution in [3.63, 3.8) is 0 Å². The van der Waals surface area contributed by atoms with Gasteiger partial charge in [0, 0.05) is 13.2 Å². The molecular weight excluding hydrogens is 178 g/mol. The summed E-state index contributed by atoms with van der Waals surface area (Å²) in [5.74, 6) is 0.700. The lowest BCUT2D eigenvalue weighted by Gasteiger charge is -2.36. The molecule has 0 N–H and O–H groups in total. The van der Waals surface area contributed by atoms with Gasteiger partial charge in [0.05, 0.1) is 18.8 Å². The number of hydrogen-bond acceptors (Lipinski definition) is 3. The molecule has 3 heteroatoms. The lowest BCUT2D eigenvalue weighted by Crippen LogP contribution is -2.44. The minimum absolute atomic E-state index is 0.384. The molecule has 2 fully saturated rings. The van der Waals surface area contributed by atoms with Crippen molar-refractivity contribution in [2.75, 3.05) is 33.4 Å². The summed E-state index contributed by atoms with van der Waals surface area (Å²) in [5.41, 5.74) is 0. The molecule has 0 spiro atoms. The fraction of sp³-hybridized carbons (Fsp3) is 1.00. The standard InChI is InChI=1S/C11H21NO2/c1-9-3-5-12(2)7-11(9)14-8-10-4-6-13-10/h9-11H,3-8H2,1-2H3. The van der Waals surface area contributed by atoms with E-state index in [9.17, 15) is 0 Å². The van der Waals surface area contributed by atoms with Gasteiger partial charge in [0.1, 0.15) is 0 Å². The highest BCUT2D eigenvalue weighted by molar-refractivity contribution is 4.78. The van der Waals surface area contributed by atoms with E-state index in [2.05, 4.69) is 18.9 Å². The maximum absolute atomic E-state index is 5.90. The predicted molar refractivity (Wildman–Crippen MR) is 55.4 cm³/mol. The van der Waals surface area contributed by atoms with Crippen molar-refractivity contribution in [1.29, 1.82) is 0 Å². The largest absolute Gasteiger partial charge is 0.376 e. The molecular formula is C11H21NO2. The predicted octanol–water partition coefficient (Wildman–Crippen LogP) is 1.13. The number of piperidine rings is 1. The van der Waals surface area contributed by atoms with Crippen LogP contribution in [0, 0.1) is 5.92 Å². The van der Waals surface area contributed by atoms with E-state index < -0.39 is 0 Å². The number of likely N-dealkylation sites (N-methyl/N-ethyl adjacent to an activating group) is 1. The first kappa shape index (κ1) is 10.4. The Morgan fingerprint density at radius 2 is 2.21 bits per heavy atom. The van der Waals surface area contributed by atoms with Crippen LogP contribution in [0.2, 0.25) is 0 Å². The fourth-order valence-electron chi connectivity index (χ4n) is 2.05. The average molecular weight is 199 g/mol. The van der Waals surface area contributed by atoms with Crippen LogP contribution in [-0.4, -0.2) is 50.5 Å². The van der Waals surface area contributed by atoms with Gasteiger partial charge >= 0.3 is 0 Å². The summed E-state index contributed by atoms with van der Waals surface area (Å²) in [6.07, 6.45) is 3.23. The van der Waals surface area contributed by atoms with Crippen molar-refractivity contribution in [3.8, 4) is 0 Å². The molecule has 2 aliphatic heterocycles. The minimum atomic E-state index is 0.384. The molecule has 0 aromatic rings. The SMILES string of the molecule is CC1CCN(C)CC1OCC1CCO1. The molecule has 0 radical (unpaired) electrons. The lowest BCUT2D eigenvalue weighted by atomic mass is 9.96. The Bertz CT molecular complexity index is 182. The number of rotatable bonds is 3. The van der Waals surface area contributed by atoms with Crippen LogP contribution in [0.1, 0.15) is 19.8 Å². The van der Waals surface area contributed by atoms with Crippen molar-refractivity contribution in [2.24, 2.45) is 5.92 Å². The summed E-state index contributed by atoms with van der Waals surface area (Å²) in [4.78, 5) is 2.35. The summed E-state index contributed by atoms with van der Waals surface area (Å²) < 4.78 is 11.2. The second-order valence-corrected chi connectivity index (χ2v) is 4.68. The number of nitrogens with zero attached hydrogens (tertiary/aromatic N) is 1. The number of likely N-dealkylation sites (tertiary alicyclic amines) is 1. The zero-order chi connectivity index (χ0) is 9.97. The van der Waals surface area contributed by atoms with Gasteiger partial charge in [-0.3, -0.25) is 0 Å². The van der Waals surface area contributed by atoms with Crippen LogP contribution >= 0.6 is 0 Å². The fourth-order valence-corrected chi connectivity index (χ4v) is 2.05. The van der Waals surface area contributed by atoms with Gasteiger partial charge in [-0.05, 0) is 32.4 Å². The van der Waals surface area contributed by atoms with Crippen LogP contribution in [0.5, 0.6) is 0 Å². The van der Waals surface area contributed by atoms with Crippen LogP contribution in [0.3, 0.4) is 0 Å². The van der Waals surface area contributed by atoms with E-state index in [4.69, 9.17) is 9.47 Å². The highest BCUT2D eigenvalue weighted by Gasteiger charge is 2.27. The Kier molecular flexibility index (Phi) is 3.42. The van der Waals surface area contributed by atoms with E-state index in [1.807, 2.05) is 0 Å². The van der Waals surface area contributed by atoms with Gasteiger partial charge in [0.2, 0.25) is 0 Å².